The lowest BCUT2D eigenvalue weighted by molar-refractivity contribution is -0.142. The summed E-state index contributed by atoms with van der Waals surface area (Å²) in [5.41, 5.74) is 7.37. The van der Waals surface area contributed by atoms with Gasteiger partial charge in [-0.25, -0.2) is 4.39 Å². The van der Waals surface area contributed by atoms with Crippen LogP contribution in [0.1, 0.15) is 56.6 Å². The molecule has 3 saturated heterocycles. The van der Waals surface area contributed by atoms with Gasteiger partial charge < -0.3 is 15.5 Å². The first-order valence-corrected chi connectivity index (χ1v) is 12.8. The van der Waals surface area contributed by atoms with E-state index in [0.717, 1.165) is 37.7 Å². The molecule has 6 rings (SSSR count). The summed E-state index contributed by atoms with van der Waals surface area (Å²) in [6, 6.07) is 7.80. The number of hydrogen-bond donors (Lipinski definition) is 1. The molecule has 1 aromatic carbocycles. The summed E-state index contributed by atoms with van der Waals surface area (Å²) in [5.74, 6) is 0.546. The average Bonchev–Trinajstić information content (AvgIpc) is 3.25. The number of halogens is 1. The SMILES string of the molecule is N#C[C@@H]1CC2C[C@@H]2N1C(=O)[C@@H](N)CN1C[C@@H]2C[C@H]1C(=O)N2[C@H](c1ccc(F)cc1)C1CCCC1. The normalized spacial score (nSPS) is 34.4. The van der Waals surface area contributed by atoms with Gasteiger partial charge in [0.05, 0.1) is 24.2 Å². The van der Waals surface area contributed by atoms with Crippen molar-refractivity contribution in [3.63, 3.8) is 0 Å². The van der Waals surface area contributed by atoms with E-state index in [2.05, 4.69) is 15.9 Å². The highest BCUT2D eigenvalue weighted by molar-refractivity contribution is 5.87. The standard InChI is InChI=1S/C26H32FN5O2/c27-18-7-5-16(6-8-18)24(15-3-1-2-4-15)32-20-11-23(26(32)34)30(13-20)14-21(29)25(33)31-19(12-28)9-17-10-22(17)31/h5-8,15,17,19-24H,1-4,9-11,13-14,29H2/t17?,19-,20-,21-,22-,23-,24-/m0/s1. The van der Waals surface area contributed by atoms with Crippen molar-refractivity contribution in [2.75, 3.05) is 13.1 Å². The van der Waals surface area contributed by atoms with Crippen molar-refractivity contribution in [1.29, 1.82) is 5.26 Å². The molecule has 2 saturated carbocycles. The molecule has 5 fully saturated rings. The van der Waals surface area contributed by atoms with E-state index in [0.29, 0.717) is 24.9 Å². The molecule has 1 aromatic rings. The number of hydrogen-bond acceptors (Lipinski definition) is 5. The minimum absolute atomic E-state index is 0.0177. The summed E-state index contributed by atoms with van der Waals surface area (Å²) < 4.78 is 13.6. The van der Waals surface area contributed by atoms with Gasteiger partial charge in [0.15, 0.2) is 0 Å². The Morgan fingerprint density at radius 3 is 2.59 bits per heavy atom. The lowest BCUT2D eigenvalue weighted by Crippen LogP contribution is -2.57. The summed E-state index contributed by atoms with van der Waals surface area (Å²) in [7, 11) is 0. The molecule has 0 spiro atoms. The zero-order valence-corrected chi connectivity index (χ0v) is 19.4. The fraction of sp³-hybridized carbons (Fsp3) is 0.654. The zero-order valence-electron chi connectivity index (χ0n) is 19.4. The van der Waals surface area contributed by atoms with Crippen LogP contribution in [0.2, 0.25) is 0 Å². The molecule has 8 heteroatoms. The molecule has 2 aliphatic carbocycles. The fourth-order valence-corrected chi connectivity index (χ4v) is 7.26. The smallest absolute Gasteiger partial charge is 0.242 e. The molecule has 0 aromatic heterocycles. The number of nitrogens with two attached hydrogens (primary N) is 1. The number of rotatable bonds is 6. The second-order valence-corrected chi connectivity index (χ2v) is 10.9. The van der Waals surface area contributed by atoms with E-state index in [9.17, 15) is 19.2 Å². The van der Waals surface area contributed by atoms with E-state index >= 15 is 0 Å². The third kappa shape index (κ3) is 3.52. The van der Waals surface area contributed by atoms with Crippen LogP contribution in [-0.2, 0) is 9.59 Å². The molecule has 34 heavy (non-hydrogen) atoms. The lowest BCUT2D eigenvalue weighted by Gasteiger charge is -2.42. The van der Waals surface area contributed by atoms with Crippen molar-refractivity contribution >= 4 is 11.8 Å². The Labute approximate surface area is 199 Å². The summed E-state index contributed by atoms with van der Waals surface area (Å²) in [6.07, 6.45) is 7.00. The molecule has 0 radical (unpaired) electrons. The van der Waals surface area contributed by atoms with Gasteiger partial charge in [-0.3, -0.25) is 14.5 Å². The van der Waals surface area contributed by atoms with E-state index in [-0.39, 0.29) is 47.8 Å². The molecular weight excluding hydrogens is 433 g/mol. The minimum Gasteiger partial charge on any atom is -0.330 e. The van der Waals surface area contributed by atoms with Gasteiger partial charge in [0, 0.05) is 25.2 Å². The second-order valence-electron chi connectivity index (χ2n) is 10.9. The summed E-state index contributed by atoms with van der Waals surface area (Å²) in [5, 5.41) is 9.42. The number of nitriles is 1. The Bertz CT molecular complexity index is 1020. The Hall–Kier alpha value is -2.50. The average molecular weight is 466 g/mol. The number of piperidine rings is 1. The summed E-state index contributed by atoms with van der Waals surface area (Å²) in [4.78, 5) is 32.5. The lowest BCUT2D eigenvalue weighted by atomic mass is 9.89. The van der Waals surface area contributed by atoms with Crippen LogP contribution in [0.25, 0.3) is 0 Å². The number of benzene rings is 1. The van der Waals surface area contributed by atoms with Crippen molar-refractivity contribution in [3.05, 3.63) is 35.6 Å². The maximum atomic E-state index is 13.6. The van der Waals surface area contributed by atoms with Gasteiger partial charge in [0.25, 0.3) is 0 Å². The van der Waals surface area contributed by atoms with Crippen molar-refractivity contribution < 1.29 is 14.0 Å². The van der Waals surface area contributed by atoms with Crippen LogP contribution in [0.5, 0.6) is 0 Å². The van der Waals surface area contributed by atoms with E-state index in [4.69, 9.17) is 5.73 Å². The Morgan fingerprint density at radius 2 is 1.91 bits per heavy atom. The van der Waals surface area contributed by atoms with Crippen LogP contribution in [0.4, 0.5) is 4.39 Å². The maximum Gasteiger partial charge on any atom is 0.242 e. The zero-order chi connectivity index (χ0) is 23.6. The molecule has 2 bridgehead atoms. The predicted molar refractivity (Wildman–Crippen MR) is 122 cm³/mol. The van der Waals surface area contributed by atoms with E-state index in [1.54, 1.807) is 4.90 Å². The number of amides is 2. The highest BCUT2D eigenvalue weighted by Gasteiger charge is 2.56. The van der Waals surface area contributed by atoms with Gasteiger partial charge in [0.1, 0.15) is 11.9 Å². The number of carbonyl (C=O) groups excluding carboxylic acids is 2. The Balaban J connectivity index is 1.16. The van der Waals surface area contributed by atoms with Crippen LogP contribution >= 0.6 is 0 Å². The minimum atomic E-state index is -0.724. The number of piperazine rings is 1. The first kappa shape index (κ1) is 22.0. The molecule has 1 unspecified atom stereocenters. The molecule has 3 heterocycles. The van der Waals surface area contributed by atoms with Gasteiger partial charge >= 0.3 is 0 Å². The maximum absolute atomic E-state index is 13.6. The molecule has 2 amide bonds. The number of fused-ring (bicyclic) bond motifs is 3. The highest BCUT2D eigenvalue weighted by Crippen LogP contribution is 2.48. The number of likely N-dealkylation sites (tertiary alicyclic amines) is 3. The molecule has 3 aliphatic heterocycles. The van der Waals surface area contributed by atoms with Crippen LogP contribution < -0.4 is 5.73 Å². The van der Waals surface area contributed by atoms with Crippen molar-refractivity contribution in [2.24, 2.45) is 17.6 Å². The topological polar surface area (TPSA) is 93.7 Å². The van der Waals surface area contributed by atoms with Gasteiger partial charge in [-0.15, -0.1) is 0 Å². The fourth-order valence-electron chi connectivity index (χ4n) is 7.26. The first-order valence-electron chi connectivity index (χ1n) is 12.8. The molecular formula is C26H32FN5O2. The van der Waals surface area contributed by atoms with E-state index in [1.807, 2.05) is 12.1 Å². The number of carbonyl (C=O) groups is 2. The van der Waals surface area contributed by atoms with Gasteiger partial charge in [-0.05, 0) is 61.6 Å². The monoisotopic (exact) mass is 465 g/mol. The predicted octanol–water partition coefficient (Wildman–Crippen LogP) is 2.18. The van der Waals surface area contributed by atoms with Crippen molar-refractivity contribution in [1.82, 2.24) is 14.7 Å². The van der Waals surface area contributed by atoms with Crippen LogP contribution in [0, 0.1) is 29.0 Å². The Kier molecular flexibility index (Phi) is 5.38. The number of nitrogens with zero attached hydrogens (tertiary/aromatic N) is 4. The second kappa shape index (κ2) is 8.31. The molecule has 5 aliphatic rings. The molecule has 2 N–H and O–H groups in total. The summed E-state index contributed by atoms with van der Waals surface area (Å²) >= 11 is 0. The van der Waals surface area contributed by atoms with E-state index < -0.39 is 6.04 Å². The quantitative estimate of drug-likeness (QED) is 0.695. The Morgan fingerprint density at radius 1 is 1.18 bits per heavy atom. The van der Waals surface area contributed by atoms with Gasteiger partial charge in [-0.2, -0.15) is 5.26 Å². The molecule has 180 valence electrons. The van der Waals surface area contributed by atoms with Crippen LogP contribution in [0.3, 0.4) is 0 Å². The van der Waals surface area contributed by atoms with Crippen molar-refractivity contribution in [2.45, 2.75) is 81.2 Å². The van der Waals surface area contributed by atoms with Crippen molar-refractivity contribution in [3.8, 4) is 6.07 Å². The molecule has 7 atom stereocenters. The van der Waals surface area contributed by atoms with Gasteiger partial charge in [-0.1, -0.05) is 25.0 Å². The van der Waals surface area contributed by atoms with E-state index in [1.165, 1.54) is 25.0 Å². The van der Waals surface area contributed by atoms with Gasteiger partial charge in [0.2, 0.25) is 11.8 Å². The third-order valence-corrected chi connectivity index (χ3v) is 8.93. The van der Waals surface area contributed by atoms with Crippen LogP contribution in [0.15, 0.2) is 24.3 Å². The third-order valence-electron chi connectivity index (χ3n) is 8.93. The summed E-state index contributed by atoms with van der Waals surface area (Å²) in [6.45, 7) is 1.05. The van der Waals surface area contributed by atoms with Crippen LogP contribution in [-0.4, -0.2) is 69.8 Å². The largest absolute Gasteiger partial charge is 0.330 e. The molecule has 7 nitrogen and oxygen atoms in total. The highest BCUT2D eigenvalue weighted by atomic mass is 19.1. The first-order chi connectivity index (χ1) is 16.5.